The quantitative estimate of drug-likeness (QED) is 0.405. The first-order chi connectivity index (χ1) is 7.97. The van der Waals surface area contributed by atoms with Crippen molar-refractivity contribution < 1.29 is 27.1 Å². The highest BCUT2D eigenvalue weighted by atomic mass is 35.5. The predicted octanol–water partition coefficient (Wildman–Crippen LogP) is -0.831. The second kappa shape index (κ2) is 11.0. The van der Waals surface area contributed by atoms with E-state index >= 15 is 0 Å². The normalized spacial score (nSPS) is 17.7. The highest BCUT2D eigenvalue weighted by Crippen LogP contribution is 2.12. The van der Waals surface area contributed by atoms with Crippen molar-refractivity contribution in [2.75, 3.05) is 26.7 Å². The molecule has 2 unspecified atom stereocenters. The summed E-state index contributed by atoms with van der Waals surface area (Å²) < 4.78 is 0.796. The summed E-state index contributed by atoms with van der Waals surface area (Å²) in [5.41, 5.74) is 0. The Hall–Kier alpha value is 0.170. The molecule has 2 atom stereocenters. The number of nitrogens with zero attached hydrogens (tertiary/aromatic N) is 1. The first kappa shape index (κ1) is 20.5. The van der Waals surface area contributed by atoms with Crippen molar-refractivity contribution in [3.63, 3.8) is 0 Å². The van der Waals surface area contributed by atoms with Gasteiger partial charge in [0.1, 0.15) is 25.3 Å². The van der Waals surface area contributed by atoms with Crippen molar-refractivity contribution in [1.82, 2.24) is 0 Å². The first-order valence-electron chi connectivity index (χ1n) is 7.17. The number of hydrogen-bond donors (Lipinski definition) is 2. The number of likely N-dealkylation sites (N-methyl/N-ethyl adjacent to an activating group) is 1. The summed E-state index contributed by atoms with van der Waals surface area (Å²) in [4.78, 5) is 0. The van der Waals surface area contributed by atoms with Crippen LogP contribution in [0.25, 0.3) is 0 Å². The van der Waals surface area contributed by atoms with Crippen LogP contribution in [-0.2, 0) is 0 Å². The standard InChI is InChI=1S/C14H32NO2.ClH/c1-5-8-9-10-15(4,11-13(16)6-2)12-14(17)7-3;/h13-14,16-17H,5-12H2,1-4H3;1H/q+1;/p-1. The smallest absolute Gasteiger partial charge is 0.105 e. The van der Waals surface area contributed by atoms with Crippen molar-refractivity contribution in [2.45, 2.75) is 65.1 Å². The Balaban J connectivity index is 0. The van der Waals surface area contributed by atoms with Crippen LogP contribution in [0.15, 0.2) is 0 Å². The molecule has 0 aromatic rings. The number of hydrogen-bond acceptors (Lipinski definition) is 2. The average molecular weight is 282 g/mol. The van der Waals surface area contributed by atoms with Gasteiger partial charge >= 0.3 is 0 Å². The van der Waals surface area contributed by atoms with Gasteiger partial charge in [0, 0.05) is 0 Å². The molecule has 0 aromatic carbocycles. The van der Waals surface area contributed by atoms with E-state index in [2.05, 4.69) is 14.0 Å². The third-order valence-corrected chi connectivity index (χ3v) is 3.55. The summed E-state index contributed by atoms with van der Waals surface area (Å²) in [6, 6.07) is 0. The van der Waals surface area contributed by atoms with E-state index in [4.69, 9.17) is 0 Å². The molecule has 0 aliphatic rings. The Labute approximate surface area is 119 Å². The lowest BCUT2D eigenvalue weighted by Crippen LogP contribution is -3.00. The monoisotopic (exact) mass is 281 g/mol. The highest BCUT2D eigenvalue weighted by Gasteiger charge is 2.26. The molecule has 0 saturated heterocycles. The van der Waals surface area contributed by atoms with E-state index in [0.29, 0.717) is 0 Å². The molecule has 2 N–H and O–H groups in total. The van der Waals surface area contributed by atoms with E-state index in [0.717, 1.165) is 37.0 Å². The summed E-state index contributed by atoms with van der Waals surface area (Å²) in [5, 5.41) is 19.7. The molecular formula is C14H32ClNO2. The second-order valence-electron chi connectivity index (χ2n) is 5.54. The Morgan fingerprint density at radius 1 is 0.889 bits per heavy atom. The number of rotatable bonds is 10. The minimum atomic E-state index is -0.245. The van der Waals surface area contributed by atoms with Crippen LogP contribution < -0.4 is 12.4 Å². The van der Waals surface area contributed by atoms with E-state index < -0.39 is 0 Å². The number of unbranched alkanes of at least 4 members (excludes halogenated alkanes) is 2. The topological polar surface area (TPSA) is 40.5 Å². The van der Waals surface area contributed by atoms with Gasteiger partial charge in [0.25, 0.3) is 0 Å². The fourth-order valence-corrected chi connectivity index (χ4v) is 2.28. The minimum Gasteiger partial charge on any atom is -1.00 e. The van der Waals surface area contributed by atoms with E-state index in [1.807, 2.05) is 13.8 Å². The molecule has 18 heavy (non-hydrogen) atoms. The summed E-state index contributed by atoms with van der Waals surface area (Å²) in [6.45, 7) is 8.80. The molecular weight excluding hydrogens is 250 g/mol. The van der Waals surface area contributed by atoms with Crippen LogP contribution >= 0.6 is 0 Å². The van der Waals surface area contributed by atoms with E-state index in [1.165, 1.54) is 19.3 Å². The van der Waals surface area contributed by atoms with Gasteiger partial charge in [-0.25, -0.2) is 0 Å². The molecule has 0 fully saturated rings. The molecule has 4 heteroatoms. The number of halogens is 1. The van der Waals surface area contributed by atoms with Gasteiger partial charge in [-0.05, 0) is 25.7 Å². The van der Waals surface area contributed by atoms with Crippen molar-refractivity contribution in [2.24, 2.45) is 0 Å². The van der Waals surface area contributed by atoms with Crippen molar-refractivity contribution in [1.29, 1.82) is 0 Å². The molecule has 0 bridgehead atoms. The predicted molar refractivity (Wildman–Crippen MR) is 72.9 cm³/mol. The zero-order chi connectivity index (χ0) is 13.3. The molecule has 0 heterocycles. The third-order valence-electron chi connectivity index (χ3n) is 3.55. The number of quaternary nitrogens is 1. The number of aliphatic hydroxyl groups is 2. The van der Waals surface area contributed by atoms with Crippen LogP contribution in [0.3, 0.4) is 0 Å². The summed E-state index contributed by atoms with van der Waals surface area (Å²) >= 11 is 0. The summed E-state index contributed by atoms with van der Waals surface area (Å²) in [5.74, 6) is 0. The molecule has 0 aliphatic heterocycles. The van der Waals surface area contributed by atoms with Gasteiger partial charge in [0.2, 0.25) is 0 Å². The fourth-order valence-electron chi connectivity index (χ4n) is 2.28. The van der Waals surface area contributed by atoms with Crippen LogP contribution in [0.4, 0.5) is 0 Å². The van der Waals surface area contributed by atoms with Crippen molar-refractivity contribution in [3.05, 3.63) is 0 Å². The van der Waals surface area contributed by atoms with Crippen LogP contribution in [-0.4, -0.2) is 53.6 Å². The Morgan fingerprint density at radius 2 is 1.33 bits per heavy atom. The molecule has 0 aliphatic carbocycles. The van der Waals surface area contributed by atoms with Crippen LogP contribution in [0.2, 0.25) is 0 Å². The minimum absolute atomic E-state index is 0. The Bertz CT molecular complexity index is 179. The number of aliphatic hydroxyl groups excluding tert-OH is 2. The maximum atomic E-state index is 9.84. The molecule has 0 amide bonds. The van der Waals surface area contributed by atoms with Gasteiger partial charge in [0.05, 0.1) is 13.6 Å². The SMILES string of the molecule is CCCCC[N+](C)(CC(O)CC)CC(O)CC.[Cl-]. The van der Waals surface area contributed by atoms with Gasteiger partial charge in [0.15, 0.2) is 0 Å². The Kier molecular flexibility index (Phi) is 12.6. The molecule has 3 nitrogen and oxygen atoms in total. The second-order valence-corrected chi connectivity index (χ2v) is 5.54. The average Bonchev–Trinajstić information content (AvgIpc) is 2.28. The fraction of sp³-hybridized carbons (Fsp3) is 1.00. The summed E-state index contributed by atoms with van der Waals surface area (Å²) in [7, 11) is 2.16. The maximum Gasteiger partial charge on any atom is 0.105 e. The zero-order valence-corrected chi connectivity index (χ0v) is 13.3. The van der Waals surface area contributed by atoms with Crippen molar-refractivity contribution >= 4 is 0 Å². The summed E-state index contributed by atoms with van der Waals surface area (Å²) in [6.07, 6.45) is 4.73. The molecule has 0 radical (unpaired) electrons. The zero-order valence-electron chi connectivity index (χ0n) is 12.5. The van der Waals surface area contributed by atoms with E-state index in [-0.39, 0.29) is 24.6 Å². The lowest BCUT2D eigenvalue weighted by Gasteiger charge is -2.37. The van der Waals surface area contributed by atoms with Crippen molar-refractivity contribution in [3.8, 4) is 0 Å². The van der Waals surface area contributed by atoms with Crippen LogP contribution in [0.1, 0.15) is 52.9 Å². The van der Waals surface area contributed by atoms with Crippen LogP contribution in [0, 0.1) is 0 Å². The molecule has 112 valence electrons. The highest BCUT2D eigenvalue weighted by molar-refractivity contribution is 4.57. The molecule has 0 aromatic heterocycles. The molecule has 0 spiro atoms. The lowest BCUT2D eigenvalue weighted by molar-refractivity contribution is -0.915. The van der Waals surface area contributed by atoms with E-state index in [1.54, 1.807) is 0 Å². The van der Waals surface area contributed by atoms with Gasteiger partial charge in [-0.15, -0.1) is 0 Å². The van der Waals surface area contributed by atoms with Gasteiger partial charge in [-0.3, -0.25) is 0 Å². The largest absolute Gasteiger partial charge is 1.00 e. The lowest BCUT2D eigenvalue weighted by atomic mass is 10.1. The van der Waals surface area contributed by atoms with Gasteiger partial charge < -0.3 is 27.1 Å². The molecule has 0 saturated carbocycles. The van der Waals surface area contributed by atoms with Gasteiger partial charge in [-0.1, -0.05) is 27.2 Å². The molecule has 0 rings (SSSR count). The Morgan fingerprint density at radius 3 is 1.67 bits per heavy atom. The van der Waals surface area contributed by atoms with Gasteiger partial charge in [-0.2, -0.15) is 0 Å². The first-order valence-corrected chi connectivity index (χ1v) is 7.17. The van der Waals surface area contributed by atoms with E-state index in [9.17, 15) is 10.2 Å². The third kappa shape index (κ3) is 9.15. The van der Waals surface area contributed by atoms with Crippen LogP contribution in [0.5, 0.6) is 0 Å². The maximum absolute atomic E-state index is 9.84.